The number of ether oxygens (including phenoxy) is 1. The highest BCUT2D eigenvalue weighted by Crippen LogP contribution is 2.26. The van der Waals surface area contributed by atoms with Crippen molar-refractivity contribution in [3.8, 4) is 5.75 Å². The summed E-state index contributed by atoms with van der Waals surface area (Å²) in [7, 11) is -3.71. The molecule has 7 nitrogen and oxygen atoms in total. The lowest BCUT2D eigenvalue weighted by Crippen LogP contribution is -2.45. The monoisotopic (exact) mass is 500 g/mol. The number of hydrogen-bond donors (Lipinski definition) is 2. The number of amides is 1. The molecule has 0 spiro atoms. The number of piperidine rings is 1. The molecule has 2 aromatic carbocycles. The molecule has 0 radical (unpaired) electrons. The normalized spacial score (nSPS) is 16.7. The molecular weight excluding hydrogens is 479 g/mol. The summed E-state index contributed by atoms with van der Waals surface area (Å²) in [5.74, 6) is -0.727. The zero-order valence-electron chi connectivity index (χ0n) is 16.0. The zero-order valence-corrected chi connectivity index (χ0v) is 18.4. The summed E-state index contributed by atoms with van der Waals surface area (Å²) in [6.45, 7) is 0.444. The van der Waals surface area contributed by atoms with Gasteiger partial charge in [0, 0.05) is 17.6 Å². The Hall–Kier alpha value is -2.17. The maximum absolute atomic E-state index is 14.0. The highest BCUT2D eigenvalue weighted by molar-refractivity contribution is 9.10. The lowest BCUT2D eigenvalue weighted by atomic mass is 10.1. The average Bonchev–Trinajstić information content (AvgIpc) is 2.70. The largest absolute Gasteiger partial charge is 0.487 e. The Kier molecular flexibility index (Phi) is 7.32. The van der Waals surface area contributed by atoms with Crippen molar-refractivity contribution in [2.24, 2.45) is 0 Å². The smallest absolute Gasteiger partial charge is 0.405 e. The highest BCUT2D eigenvalue weighted by atomic mass is 79.9. The van der Waals surface area contributed by atoms with Gasteiger partial charge in [-0.3, -0.25) is 0 Å². The molecule has 1 unspecified atom stereocenters. The van der Waals surface area contributed by atoms with E-state index in [4.69, 9.17) is 9.84 Å². The molecule has 1 fully saturated rings. The number of carbonyl (C=O) groups is 1. The van der Waals surface area contributed by atoms with Crippen molar-refractivity contribution in [3.63, 3.8) is 0 Å². The second-order valence-corrected chi connectivity index (χ2v) is 9.91. The van der Waals surface area contributed by atoms with E-state index >= 15 is 0 Å². The van der Waals surface area contributed by atoms with Crippen LogP contribution in [-0.2, 0) is 10.0 Å². The van der Waals surface area contributed by atoms with Crippen LogP contribution in [0.5, 0.6) is 5.75 Å². The molecular formula is C20H22BrFN2O5S. The van der Waals surface area contributed by atoms with E-state index in [0.717, 1.165) is 0 Å². The van der Waals surface area contributed by atoms with Gasteiger partial charge in [0.25, 0.3) is 0 Å². The summed E-state index contributed by atoms with van der Waals surface area (Å²) >= 11 is 3.19. The zero-order chi connectivity index (χ0) is 21.7. The molecule has 162 valence electrons. The van der Waals surface area contributed by atoms with Crippen molar-refractivity contribution in [3.05, 3.63) is 64.4 Å². The van der Waals surface area contributed by atoms with E-state index in [9.17, 15) is 17.6 Å². The van der Waals surface area contributed by atoms with E-state index in [-0.39, 0.29) is 30.7 Å². The first-order valence-corrected chi connectivity index (χ1v) is 11.8. The van der Waals surface area contributed by atoms with Crippen molar-refractivity contribution in [1.29, 1.82) is 0 Å². The number of carboxylic acid groups (broad SMARTS) is 1. The van der Waals surface area contributed by atoms with Crippen LogP contribution in [0.2, 0.25) is 0 Å². The minimum atomic E-state index is -3.71. The van der Waals surface area contributed by atoms with Crippen molar-refractivity contribution in [2.75, 3.05) is 18.8 Å². The van der Waals surface area contributed by atoms with E-state index in [2.05, 4.69) is 21.2 Å². The highest BCUT2D eigenvalue weighted by Gasteiger charge is 2.32. The summed E-state index contributed by atoms with van der Waals surface area (Å²) in [6, 6.07) is 12.2. The van der Waals surface area contributed by atoms with E-state index < -0.39 is 28.0 Å². The number of sulfonamides is 1. The van der Waals surface area contributed by atoms with Crippen LogP contribution in [0.25, 0.3) is 0 Å². The fourth-order valence-corrected chi connectivity index (χ4v) is 5.36. The van der Waals surface area contributed by atoms with Gasteiger partial charge in [0.2, 0.25) is 10.0 Å². The van der Waals surface area contributed by atoms with Crippen LogP contribution in [-0.4, -0.2) is 48.9 Å². The lowest BCUT2D eigenvalue weighted by molar-refractivity contribution is 0.130. The van der Waals surface area contributed by atoms with Crippen LogP contribution in [0.4, 0.5) is 9.18 Å². The van der Waals surface area contributed by atoms with Crippen LogP contribution in [0.15, 0.2) is 53.0 Å². The lowest BCUT2D eigenvalue weighted by Gasteiger charge is -2.32. The Morgan fingerprint density at radius 2 is 1.90 bits per heavy atom. The van der Waals surface area contributed by atoms with Crippen molar-refractivity contribution < 1.29 is 27.4 Å². The van der Waals surface area contributed by atoms with E-state index in [1.165, 1.54) is 16.4 Å². The Bertz CT molecular complexity index is 982. The SMILES string of the molecule is O=C(O)NC(CS(=O)(=O)N1CCC(Oc2ccc(Br)cc2F)CC1)c1ccccc1. The summed E-state index contributed by atoms with van der Waals surface area (Å²) in [6.07, 6.45) is -0.759. The van der Waals surface area contributed by atoms with Gasteiger partial charge < -0.3 is 15.2 Å². The first-order chi connectivity index (χ1) is 14.2. The Balaban J connectivity index is 1.62. The Labute approximate surface area is 183 Å². The molecule has 1 aliphatic heterocycles. The van der Waals surface area contributed by atoms with Gasteiger partial charge in [-0.2, -0.15) is 0 Å². The van der Waals surface area contributed by atoms with Crippen LogP contribution in [0, 0.1) is 5.82 Å². The van der Waals surface area contributed by atoms with E-state index in [1.54, 1.807) is 36.4 Å². The van der Waals surface area contributed by atoms with Gasteiger partial charge in [-0.05, 0) is 36.6 Å². The van der Waals surface area contributed by atoms with Crippen molar-refractivity contribution >= 4 is 32.0 Å². The quantitative estimate of drug-likeness (QED) is 0.603. The number of nitrogens with zero attached hydrogens (tertiary/aromatic N) is 1. The molecule has 10 heteroatoms. The first kappa shape index (κ1) is 22.5. The predicted octanol–water partition coefficient (Wildman–Crippen LogP) is 3.77. The third kappa shape index (κ3) is 5.93. The molecule has 0 bridgehead atoms. The number of halogens is 2. The van der Waals surface area contributed by atoms with Gasteiger partial charge in [0.1, 0.15) is 6.10 Å². The van der Waals surface area contributed by atoms with Gasteiger partial charge in [-0.15, -0.1) is 0 Å². The predicted molar refractivity (Wildman–Crippen MR) is 113 cm³/mol. The van der Waals surface area contributed by atoms with Crippen LogP contribution < -0.4 is 10.1 Å². The molecule has 2 N–H and O–H groups in total. The number of hydrogen-bond acceptors (Lipinski definition) is 4. The third-order valence-electron chi connectivity index (χ3n) is 4.86. The summed E-state index contributed by atoms with van der Waals surface area (Å²) in [5.41, 5.74) is 0.576. The van der Waals surface area contributed by atoms with Gasteiger partial charge in [-0.25, -0.2) is 21.9 Å². The van der Waals surface area contributed by atoms with Crippen LogP contribution >= 0.6 is 15.9 Å². The molecule has 1 atom stereocenters. The summed E-state index contributed by atoms with van der Waals surface area (Å²) < 4.78 is 47.4. The summed E-state index contributed by atoms with van der Waals surface area (Å²) in [5, 5.41) is 11.4. The first-order valence-electron chi connectivity index (χ1n) is 9.38. The van der Waals surface area contributed by atoms with Gasteiger partial charge >= 0.3 is 6.09 Å². The molecule has 1 heterocycles. The van der Waals surface area contributed by atoms with Crippen molar-refractivity contribution in [1.82, 2.24) is 9.62 Å². The molecule has 2 aromatic rings. The fourth-order valence-electron chi connectivity index (χ4n) is 3.35. The van der Waals surface area contributed by atoms with Gasteiger partial charge in [0.15, 0.2) is 11.6 Å². The molecule has 0 saturated carbocycles. The second kappa shape index (κ2) is 9.76. The maximum atomic E-state index is 14.0. The maximum Gasteiger partial charge on any atom is 0.405 e. The van der Waals surface area contributed by atoms with E-state index in [0.29, 0.717) is 22.9 Å². The third-order valence-corrected chi connectivity index (χ3v) is 7.26. The minimum Gasteiger partial charge on any atom is -0.487 e. The van der Waals surface area contributed by atoms with Crippen LogP contribution in [0.1, 0.15) is 24.4 Å². The summed E-state index contributed by atoms with van der Waals surface area (Å²) in [4.78, 5) is 11.1. The van der Waals surface area contributed by atoms with Crippen LogP contribution in [0.3, 0.4) is 0 Å². The van der Waals surface area contributed by atoms with Gasteiger partial charge in [-0.1, -0.05) is 46.3 Å². The molecule has 0 aliphatic carbocycles. The van der Waals surface area contributed by atoms with Gasteiger partial charge in [0.05, 0.1) is 11.8 Å². The molecule has 1 aliphatic rings. The average molecular weight is 501 g/mol. The number of nitrogens with one attached hydrogen (secondary N) is 1. The number of benzene rings is 2. The second-order valence-electron chi connectivity index (χ2n) is 6.98. The topological polar surface area (TPSA) is 95.9 Å². The number of rotatable bonds is 7. The molecule has 1 saturated heterocycles. The Morgan fingerprint density at radius 1 is 1.23 bits per heavy atom. The standard InChI is InChI=1S/C20H22BrFN2O5S/c21-15-6-7-19(17(22)12-15)29-16-8-10-24(11-9-16)30(27,28)13-18(23-20(25)26)14-4-2-1-3-5-14/h1-7,12,16,18,23H,8-11,13H2,(H,25,26). The molecule has 1 amide bonds. The molecule has 3 rings (SSSR count). The fraction of sp³-hybridized carbons (Fsp3) is 0.350. The molecule has 0 aromatic heterocycles. The Morgan fingerprint density at radius 3 is 2.50 bits per heavy atom. The van der Waals surface area contributed by atoms with Crippen molar-refractivity contribution in [2.45, 2.75) is 25.0 Å². The van der Waals surface area contributed by atoms with E-state index in [1.807, 2.05) is 0 Å². The molecule has 30 heavy (non-hydrogen) atoms. The minimum absolute atomic E-state index is 0.134.